The van der Waals surface area contributed by atoms with Crippen molar-refractivity contribution in [2.24, 2.45) is 7.05 Å². The molecule has 4 aromatic rings. The van der Waals surface area contributed by atoms with Crippen molar-refractivity contribution in [3.8, 4) is 11.3 Å². The van der Waals surface area contributed by atoms with Crippen LogP contribution in [0.25, 0.3) is 22.0 Å². The van der Waals surface area contributed by atoms with Crippen molar-refractivity contribution < 1.29 is 4.79 Å². The summed E-state index contributed by atoms with van der Waals surface area (Å²) >= 11 is 0. The molecule has 0 aliphatic carbocycles. The van der Waals surface area contributed by atoms with Crippen molar-refractivity contribution in [1.29, 1.82) is 0 Å². The molecule has 1 aliphatic heterocycles. The largest absolute Gasteiger partial charge is 0.338 e. The zero-order valence-electron chi connectivity index (χ0n) is 16.8. The van der Waals surface area contributed by atoms with E-state index >= 15 is 0 Å². The zero-order valence-corrected chi connectivity index (χ0v) is 16.8. The molecule has 30 heavy (non-hydrogen) atoms. The smallest absolute Gasteiger partial charge is 0.255 e. The van der Waals surface area contributed by atoms with Gasteiger partial charge in [-0.15, -0.1) is 0 Å². The molecule has 0 fully saturated rings. The van der Waals surface area contributed by atoms with Gasteiger partial charge in [0.15, 0.2) is 0 Å². The van der Waals surface area contributed by atoms with Crippen LogP contribution in [-0.2, 0) is 19.9 Å². The SMILES string of the molecule is Cn1nc2c(c1-c1ccccc1)CCN(C(=O)c1c[nH]c(=O)c3ccccc13)CC2. The highest BCUT2D eigenvalue weighted by atomic mass is 16.2. The van der Waals surface area contributed by atoms with Crippen molar-refractivity contribution in [3.05, 3.63) is 88.0 Å². The summed E-state index contributed by atoms with van der Waals surface area (Å²) in [6, 6.07) is 17.5. The number of H-pyrrole nitrogens is 1. The minimum Gasteiger partial charge on any atom is -0.338 e. The summed E-state index contributed by atoms with van der Waals surface area (Å²) in [7, 11) is 1.98. The van der Waals surface area contributed by atoms with Gasteiger partial charge in [0.1, 0.15) is 0 Å². The number of aryl methyl sites for hydroxylation is 1. The number of amides is 1. The molecule has 6 heteroatoms. The monoisotopic (exact) mass is 398 g/mol. The van der Waals surface area contributed by atoms with Gasteiger partial charge in [-0.05, 0) is 12.5 Å². The number of rotatable bonds is 2. The van der Waals surface area contributed by atoms with Gasteiger partial charge >= 0.3 is 0 Å². The number of aromatic amines is 1. The van der Waals surface area contributed by atoms with Gasteiger partial charge in [-0.25, -0.2) is 0 Å². The molecule has 1 aliphatic rings. The van der Waals surface area contributed by atoms with E-state index in [4.69, 9.17) is 5.10 Å². The molecule has 0 spiro atoms. The molecule has 0 unspecified atom stereocenters. The molecule has 3 heterocycles. The van der Waals surface area contributed by atoms with E-state index in [1.165, 1.54) is 5.56 Å². The number of carbonyl (C=O) groups is 1. The second-order valence-corrected chi connectivity index (χ2v) is 7.63. The molecule has 1 N–H and O–H groups in total. The van der Waals surface area contributed by atoms with Crippen LogP contribution in [0.3, 0.4) is 0 Å². The highest BCUT2D eigenvalue weighted by Crippen LogP contribution is 2.29. The lowest BCUT2D eigenvalue weighted by atomic mass is 10.0. The number of hydrogen-bond acceptors (Lipinski definition) is 3. The Balaban J connectivity index is 1.47. The molecule has 2 aromatic heterocycles. The van der Waals surface area contributed by atoms with Gasteiger partial charge in [-0.3, -0.25) is 14.3 Å². The first-order valence-corrected chi connectivity index (χ1v) is 10.1. The van der Waals surface area contributed by atoms with Crippen molar-refractivity contribution in [2.45, 2.75) is 12.8 Å². The number of nitrogens with zero attached hydrogens (tertiary/aromatic N) is 3. The van der Waals surface area contributed by atoms with Crippen LogP contribution in [0.4, 0.5) is 0 Å². The highest BCUT2D eigenvalue weighted by molar-refractivity contribution is 6.06. The fourth-order valence-electron chi connectivity index (χ4n) is 4.40. The second kappa shape index (κ2) is 7.30. The third kappa shape index (κ3) is 3.01. The summed E-state index contributed by atoms with van der Waals surface area (Å²) in [4.78, 5) is 30.0. The average Bonchev–Trinajstić information content (AvgIpc) is 2.95. The lowest BCUT2D eigenvalue weighted by molar-refractivity contribution is 0.0764. The van der Waals surface area contributed by atoms with Crippen LogP contribution in [0.5, 0.6) is 0 Å². The van der Waals surface area contributed by atoms with E-state index in [2.05, 4.69) is 17.1 Å². The van der Waals surface area contributed by atoms with Crippen molar-refractivity contribution in [1.82, 2.24) is 19.7 Å². The van der Waals surface area contributed by atoms with Crippen LogP contribution in [0.15, 0.2) is 65.6 Å². The van der Waals surface area contributed by atoms with Gasteiger partial charge in [0.2, 0.25) is 0 Å². The minimum atomic E-state index is -0.178. The lowest BCUT2D eigenvalue weighted by Crippen LogP contribution is -2.34. The summed E-state index contributed by atoms with van der Waals surface area (Å²) in [5.74, 6) is -0.0572. The quantitative estimate of drug-likeness (QED) is 0.564. The van der Waals surface area contributed by atoms with E-state index in [-0.39, 0.29) is 11.5 Å². The van der Waals surface area contributed by atoms with Gasteiger partial charge in [0.25, 0.3) is 11.5 Å². The Bertz CT molecular complexity index is 1300. The first kappa shape index (κ1) is 18.4. The number of hydrogen-bond donors (Lipinski definition) is 1. The van der Waals surface area contributed by atoms with E-state index < -0.39 is 0 Å². The highest BCUT2D eigenvalue weighted by Gasteiger charge is 2.26. The molecule has 1 amide bonds. The first-order valence-electron chi connectivity index (χ1n) is 10.1. The van der Waals surface area contributed by atoms with Crippen molar-refractivity contribution in [2.75, 3.05) is 13.1 Å². The maximum Gasteiger partial charge on any atom is 0.255 e. The number of nitrogens with one attached hydrogen (secondary N) is 1. The first-order chi connectivity index (χ1) is 14.6. The molecule has 0 bridgehead atoms. The van der Waals surface area contributed by atoms with Crippen LogP contribution in [-0.4, -0.2) is 38.7 Å². The lowest BCUT2D eigenvalue weighted by Gasteiger charge is -2.21. The predicted molar refractivity (Wildman–Crippen MR) is 117 cm³/mol. The van der Waals surface area contributed by atoms with E-state index in [1.54, 1.807) is 12.3 Å². The number of benzene rings is 2. The Hall–Kier alpha value is -3.67. The van der Waals surface area contributed by atoms with Crippen LogP contribution in [0.2, 0.25) is 0 Å². The summed E-state index contributed by atoms with van der Waals surface area (Å²) in [5.41, 5.74) is 4.88. The maximum atomic E-state index is 13.4. The van der Waals surface area contributed by atoms with Crippen molar-refractivity contribution >= 4 is 16.7 Å². The summed E-state index contributed by atoms with van der Waals surface area (Å²) in [6.45, 7) is 1.22. The standard InChI is InChI=1S/C24H22N4O2/c1-27-22(16-7-3-2-4-8-16)19-11-13-28(14-12-21(19)26-27)24(30)20-15-25-23(29)18-10-6-5-9-17(18)20/h2-10,15H,11-14H2,1H3,(H,25,29). The number of aromatic nitrogens is 3. The van der Waals surface area contributed by atoms with Crippen LogP contribution in [0, 0.1) is 0 Å². The topological polar surface area (TPSA) is 71.0 Å². The Morgan fingerprint density at radius 1 is 0.967 bits per heavy atom. The molecule has 5 rings (SSSR count). The number of pyridine rings is 1. The van der Waals surface area contributed by atoms with Crippen LogP contribution >= 0.6 is 0 Å². The third-order valence-electron chi connectivity index (χ3n) is 5.85. The molecule has 0 radical (unpaired) electrons. The molecule has 150 valence electrons. The molecule has 2 aromatic carbocycles. The van der Waals surface area contributed by atoms with Gasteiger partial charge in [0, 0.05) is 54.7 Å². The molecule has 6 nitrogen and oxygen atoms in total. The third-order valence-corrected chi connectivity index (χ3v) is 5.85. The Morgan fingerprint density at radius 3 is 2.47 bits per heavy atom. The molecule has 0 atom stereocenters. The van der Waals surface area contributed by atoms with Gasteiger partial charge in [0.05, 0.1) is 17.0 Å². The average molecular weight is 398 g/mol. The normalized spacial score (nSPS) is 13.8. The second-order valence-electron chi connectivity index (χ2n) is 7.63. The predicted octanol–water partition coefficient (Wildman–Crippen LogP) is 3.17. The Morgan fingerprint density at radius 2 is 1.67 bits per heavy atom. The Labute approximate surface area is 173 Å². The van der Waals surface area contributed by atoms with E-state index in [9.17, 15) is 9.59 Å². The van der Waals surface area contributed by atoms with Crippen molar-refractivity contribution in [3.63, 3.8) is 0 Å². The van der Waals surface area contributed by atoms with E-state index in [0.29, 0.717) is 35.8 Å². The van der Waals surface area contributed by atoms with Crippen LogP contribution < -0.4 is 5.56 Å². The van der Waals surface area contributed by atoms with Gasteiger partial charge in [-0.2, -0.15) is 5.10 Å². The summed E-state index contributed by atoms with van der Waals surface area (Å²) in [6.07, 6.45) is 3.00. The molecule has 0 saturated heterocycles. The summed E-state index contributed by atoms with van der Waals surface area (Å²) < 4.78 is 1.95. The van der Waals surface area contributed by atoms with E-state index in [0.717, 1.165) is 23.4 Å². The van der Waals surface area contributed by atoms with Gasteiger partial charge < -0.3 is 9.88 Å². The van der Waals surface area contributed by atoms with E-state index in [1.807, 2.05) is 53.0 Å². The van der Waals surface area contributed by atoms with Gasteiger partial charge in [-0.1, -0.05) is 48.5 Å². The summed E-state index contributed by atoms with van der Waals surface area (Å²) in [5, 5.41) is 5.98. The number of fused-ring (bicyclic) bond motifs is 2. The maximum absolute atomic E-state index is 13.4. The number of carbonyl (C=O) groups excluding carboxylic acids is 1. The van der Waals surface area contributed by atoms with Crippen LogP contribution in [0.1, 0.15) is 21.6 Å². The molecule has 0 saturated carbocycles. The zero-order chi connectivity index (χ0) is 20.7. The molecular formula is C24H22N4O2. The fourth-order valence-corrected chi connectivity index (χ4v) is 4.40. The minimum absolute atomic E-state index is 0.0572. The molecular weight excluding hydrogens is 376 g/mol. The Kier molecular flexibility index (Phi) is 4.47. The fraction of sp³-hybridized carbons (Fsp3) is 0.208.